The molecule has 19 heavy (non-hydrogen) atoms. The first-order valence-corrected chi connectivity index (χ1v) is 6.63. The minimum Gasteiger partial charge on any atom is -0.486 e. The number of sulfone groups is 1. The second kappa shape index (κ2) is 4.69. The SMILES string of the molecule is O=S1(=O)C=CN=C1COc1ccccc1C(F)(F)F. The van der Waals surface area contributed by atoms with Crippen molar-refractivity contribution in [2.45, 2.75) is 6.18 Å². The summed E-state index contributed by atoms with van der Waals surface area (Å²) in [5, 5.41) is 0.547. The molecule has 1 aromatic rings. The van der Waals surface area contributed by atoms with Gasteiger partial charge in [0.05, 0.1) is 11.0 Å². The standard InChI is InChI=1S/C11H8F3NO3S/c12-11(13,14)8-3-1-2-4-9(8)18-7-10-15-5-6-19(10,16)17/h1-6H,7H2. The quantitative estimate of drug-likeness (QED) is 0.859. The smallest absolute Gasteiger partial charge is 0.419 e. The Bertz CT molecular complexity index is 647. The normalized spacial score (nSPS) is 17.3. The molecular weight excluding hydrogens is 283 g/mol. The zero-order valence-corrected chi connectivity index (χ0v) is 10.2. The van der Waals surface area contributed by atoms with E-state index in [4.69, 9.17) is 4.74 Å². The van der Waals surface area contributed by atoms with Crippen molar-refractivity contribution in [3.05, 3.63) is 41.4 Å². The topological polar surface area (TPSA) is 55.7 Å². The highest BCUT2D eigenvalue weighted by Gasteiger charge is 2.34. The average Bonchev–Trinajstić information content (AvgIpc) is 2.65. The van der Waals surface area contributed by atoms with Crippen LogP contribution in [0.3, 0.4) is 0 Å². The lowest BCUT2D eigenvalue weighted by atomic mass is 10.2. The highest BCUT2D eigenvalue weighted by atomic mass is 32.2. The molecular formula is C11H8F3NO3S. The lowest BCUT2D eigenvalue weighted by Crippen LogP contribution is -2.19. The van der Waals surface area contributed by atoms with Crippen molar-refractivity contribution in [2.75, 3.05) is 6.61 Å². The molecule has 4 nitrogen and oxygen atoms in total. The van der Waals surface area contributed by atoms with Crippen LogP contribution in [0.15, 0.2) is 40.9 Å². The van der Waals surface area contributed by atoms with Gasteiger partial charge in [0.1, 0.15) is 12.4 Å². The molecule has 8 heteroatoms. The number of nitrogens with zero attached hydrogens (tertiary/aromatic N) is 1. The van der Waals surface area contributed by atoms with Gasteiger partial charge in [-0.05, 0) is 12.1 Å². The van der Waals surface area contributed by atoms with Gasteiger partial charge in [-0.3, -0.25) is 0 Å². The molecule has 0 saturated heterocycles. The Morgan fingerprint density at radius 3 is 2.47 bits per heavy atom. The van der Waals surface area contributed by atoms with Crippen LogP contribution in [0.1, 0.15) is 5.56 Å². The van der Waals surface area contributed by atoms with Crippen molar-refractivity contribution in [3.8, 4) is 5.75 Å². The first-order valence-electron chi connectivity index (χ1n) is 5.08. The predicted molar refractivity (Wildman–Crippen MR) is 62.4 cm³/mol. The third-order valence-electron chi connectivity index (χ3n) is 2.33. The van der Waals surface area contributed by atoms with Crippen LogP contribution >= 0.6 is 0 Å². The summed E-state index contributed by atoms with van der Waals surface area (Å²) >= 11 is 0. The summed E-state index contributed by atoms with van der Waals surface area (Å²) in [5.41, 5.74) is -0.959. The number of hydrogen-bond donors (Lipinski definition) is 0. The van der Waals surface area contributed by atoms with Gasteiger partial charge in [0.2, 0.25) is 9.84 Å². The van der Waals surface area contributed by atoms with E-state index < -0.39 is 33.9 Å². The average molecular weight is 291 g/mol. The molecule has 0 aliphatic carbocycles. The second-order valence-corrected chi connectivity index (χ2v) is 5.47. The van der Waals surface area contributed by atoms with Gasteiger partial charge in [-0.25, -0.2) is 13.4 Å². The molecule has 0 amide bonds. The van der Waals surface area contributed by atoms with Gasteiger partial charge in [-0.2, -0.15) is 13.2 Å². The zero-order valence-electron chi connectivity index (χ0n) is 9.39. The first kappa shape index (κ1) is 13.6. The maximum Gasteiger partial charge on any atom is 0.419 e. The van der Waals surface area contributed by atoms with Crippen molar-refractivity contribution < 1.29 is 26.3 Å². The minimum atomic E-state index is -4.56. The summed E-state index contributed by atoms with van der Waals surface area (Å²) in [7, 11) is -3.64. The fourth-order valence-electron chi connectivity index (χ4n) is 1.43. The van der Waals surface area contributed by atoms with Crippen LogP contribution in [-0.4, -0.2) is 20.1 Å². The van der Waals surface area contributed by atoms with Gasteiger partial charge in [0.15, 0.2) is 5.04 Å². The Labute approximate surface area is 107 Å². The summed E-state index contributed by atoms with van der Waals surface area (Å²) in [4.78, 5) is 3.54. The fourth-order valence-corrected chi connectivity index (χ4v) is 2.24. The Kier molecular flexibility index (Phi) is 3.36. The molecule has 0 aromatic heterocycles. The Hall–Kier alpha value is -1.83. The molecule has 1 aliphatic rings. The van der Waals surface area contributed by atoms with E-state index in [0.29, 0.717) is 0 Å². The summed E-state index contributed by atoms with van der Waals surface area (Å²) in [6, 6.07) is 4.58. The van der Waals surface area contributed by atoms with Gasteiger partial charge in [0, 0.05) is 6.20 Å². The summed E-state index contributed by atoms with van der Waals surface area (Å²) < 4.78 is 65.6. The van der Waals surface area contributed by atoms with Gasteiger partial charge >= 0.3 is 6.18 Å². The van der Waals surface area contributed by atoms with Gasteiger partial charge in [0.25, 0.3) is 0 Å². The van der Waals surface area contributed by atoms with Crippen LogP contribution in [0.2, 0.25) is 0 Å². The molecule has 0 saturated carbocycles. The number of hydrogen-bond acceptors (Lipinski definition) is 4. The summed E-state index contributed by atoms with van der Waals surface area (Å²) in [6.07, 6.45) is -3.51. The number of aliphatic imine (C=N–C) groups is 1. The molecule has 2 rings (SSSR count). The number of benzene rings is 1. The molecule has 0 unspecified atom stereocenters. The molecule has 1 aromatic carbocycles. The van der Waals surface area contributed by atoms with Gasteiger partial charge < -0.3 is 4.74 Å². The maximum atomic E-state index is 12.7. The molecule has 0 atom stereocenters. The molecule has 1 heterocycles. The van der Waals surface area contributed by atoms with Crippen molar-refractivity contribution in [1.29, 1.82) is 0 Å². The van der Waals surface area contributed by atoms with E-state index in [2.05, 4.69) is 4.99 Å². The van der Waals surface area contributed by atoms with Crippen LogP contribution in [-0.2, 0) is 16.0 Å². The molecule has 1 aliphatic heterocycles. The van der Waals surface area contributed by atoms with Crippen molar-refractivity contribution in [1.82, 2.24) is 0 Å². The third kappa shape index (κ3) is 2.95. The van der Waals surface area contributed by atoms with Gasteiger partial charge in [-0.15, -0.1) is 0 Å². The molecule has 0 radical (unpaired) electrons. The molecule has 0 spiro atoms. The van der Waals surface area contributed by atoms with E-state index in [1.807, 2.05) is 0 Å². The molecule has 0 N–H and O–H groups in total. The first-order chi connectivity index (χ1) is 8.81. The van der Waals surface area contributed by atoms with Crippen LogP contribution < -0.4 is 4.74 Å². The largest absolute Gasteiger partial charge is 0.486 e. The number of alkyl halides is 3. The van der Waals surface area contributed by atoms with Crippen LogP contribution in [0, 0.1) is 0 Å². The highest BCUT2D eigenvalue weighted by molar-refractivity contribution is 8.09. The van der Waals surface area contributed by atoms with E-state index in [0.717, 1.165) is 23.7 Å². The maximum absolute atomic E-state index is 12.7. The van der Waals surface area contributed by atoms with E-state index in [-0.39, 0.29) is 5.04 Å². The lowest BCUT2D eigenvalue weighted by Gasteiger charge is -2.13. The van der Waals surface area contributed by atoms with Crippen molar-refractivity contribution in [2.24, 2.45) is 4.99 Å². The monoisotopic (exact) mass is 291 g/mol. The van der Waals surface area contributed by atoms with E-state index >= 15 is 0 Å². The third-order valence-corrected chi connectivity index (χ3v) is 3.69. The second-order valence-electron chi connectivity index (χ2n) is 3.64. The Morgan fingerprint density at radius 1 is 1.21 bits per heavy atom. The Morgan fingerprint density at radius 2 is 1.89 bits per heavy atom. The van der Waals surface area contributed by atoms with Crippen LogP contribution in [0.4, 0.5) is 13.2 Å². The predicted octanol–water partition coefficient (Wildman–Crippen LogP) is 2.38. The number of halogens is 3. The lowest BCUT2D eigenvalue weighted by molar-refractivity contribution is -0.138. The fraction of sp³-hybridized carbons (Fsp3) is 0.182. The van der Waals surface area contributed by atoms with Gasteiger partial charge in [-0.1, -0.05) is 12.1 Å². The van der Waals surface area contributed by atoms with E-state index in [9.17, 15) is 21.6 Å². The minimum absolute atomic E-state index is 0.315. The molecule has 102 valence electrons. The van der Waals surface area contributed by atoms with Crippen molar-refractivity contribution >= 4 is 14.9 Å². The summed E-state index contributed by atoms with van der Waals surface area (Å²) in [6.45, 7) is -0.539. The molecule has 0 bridgehead atoms. The van der Waals surface area contributed by atoms with Crippen LogP contribution in [0.25, 0.3) is 0 Å². The van der Waals surface area contributed by atoms with E-state index in [1.165, 1.54) is 12.1 Å². The van der Waals surface area contributed by atoms with E-state index in [1.54, 1.807) is 0 Å². The number of rotatable bonds is 3. The van der Waals surface area contributed by atoms with Crippen molar-refractivity contribution in [3.63, 3.8) is 0 Å². The Balaban J connectivity index is 2.18. The summed E-state index contributed by atoms with van der Waals surface area (Å²) in [5.74, 6) is -0.431. The molecule has 0 fully saturated rings. The number of para-hydroxylation sites is 1. The number of ether oxygens (including phenoxy) is 1. The van der Waals surface area contributed by atoms with Crippen LogP contribution in [0.5, 0.6) is 5.75 Å². The zero-order chi connectivity index (χ0) is 14.1. The highest BCUT2D eigenvalue weighted by Crippen LogP contribution is 2.35.